The molecule has 1 aliphatic carbocycles. The maximum absolute atomic E-state index is 10.9. The van der Waals surface area contributed by atoms with E-state index < -0.39 is 5.97 Å². The lowest BCUT2D eigenvalue weighted by molar-refractivity contribution is -0.139. The van der Waals surface area contributed by atoms with Crippen LogP contribution >= 0.6 is 15.9 Å². The lowest BCUT2D eigenvalue weighted by atomic mass is 9.85. The van der Waals surface area contributed by atoms with E-state index in [1.807, 2.05) is 24.0 Å². The Morgan fingerprint density at radius 3 is 2.79 bits per heavy atom. The number of benzene rings is 1. The number of nitrogens with one attached hydrogen (secondary N) is 1. The number of likely N-dealkylation sites (N-methyl/N-ethyl adjacent to an activating group) is 1. The molecule has 134 valence electrons. The molecule has 0 saturated heterocycles. The van der Waals surface area contributed by atoms with Gasteiger partial charge in [-0.3, -0.25) is 9.69 Å². The van der Waals surface area contributed by atoms with Gasteiger partial charge in [-0.2, -0.15) is 0 Å². The number of hydrogen-bond acceptors (Lipinski definition) is 4. The number of carbonyl (C=O) groups is 1. The van der Waals surface area contributed by atoms with Gasteiger partial charge >= 0.3 is 5.97 Å². The number of hydrogen-bond donors (Lipinski definition) is 2. The van der Waals surface area contributed by atoms with Gasteiger partial charge in [0.15, 0.2) is 0 Å². The monoisotopic (exact) mass is 398 g/mol. The predicted molar refractivity (Wildman–Crippen MR) is 98.5 cm³/mol. The van der Waals surface area contributed by atoms with E-state index in [0.717, 1.165) is 54.7 Å². The molecule has 0 aromatic heterocycles. The smallest absolute Gasteiger partial charge is 0.317 e. The Morgan fingerprint density at radius 1 is 1.42 bits per heavy atom. The highest BCUT2D eigenvalue weighted by Crippen LogP contribution is 2.28. The van der Waals surface area contributed by atoms with Crippen LogP contribution in [0.2, 0.25) is 0 Å². The fraction of sp³-hybridized carbons (Fsp3) is 0.611. The van der Waals surface area contributed by atoms with Crippen molar-refractivity contribution in [3.63, 3.8) is 0 Å². The van der Waals surface area contributed by atoms with Gasteiger partial charge in [0.05, 0.1) is 13.2 Å². The molecule has 5 nitrogen and oxygen atoms in total. The Balaban J connectivity index is 1.83. The van der Waals surface area contributed by atoms with E-state index >= 15 is 0 Å². The van der Waals surface area contributed by atoms with Crippen LogP contribution in [0, 0.1) is 0 Å². The van der Waals surface area contributed by atoms with Crippen LogP contribution in [0.5, 0.6) is 5.75 Å². The summed E-state index contributed by atoms with van der Waals surface area (Å²) in [6, 6.07) is 6.92. The van der Waals surface area contributed by atoms with E-state index in [2.05, 4.69) is 34.2 Å². The van der Waals surface area contributed by atoms with Gasteiger partial charge in [-0.25, -0.2) is 0 Å². The van der Waals surface area contributed by atoms with Crippen molar-refractivity contribution in [3.8, 4) is 5.75 Å². The maximum atomic E-state index is 10.9. The number of carboxylic acids is 1. The van der Waals surface area contributed by atoms with Crippen LogP contribution in [0.4, 0.5) is 0 Å². The third kappa shape index (κ3) is 5.46. The summed E-state index contributed by atoms with van der Waals surface area (Å²) >= 11 is 3.52. The number of carboxylic acid groups (broad SMARTS) is 1. The van der Waals surface area contributed by atoms with Gasteiger partial charge in [-0.15, -0.1) is 0 Å². The molecule has 0 aliphatic heterocycles. The first-order valence-electron chi connectivity index (χ1n) is 8.63. The van der Waals surface area contributed by atoms with Gasteiger partial charge in [0.25, 0.3) is 0 Å². The average molecular weight is 399 g/mol. The summed E-state index contributed by atoms with van der Waals surface area (Å²) in [5.41, 5.74) is 1.15. The Morgan fingerprint density at radius 2 is 2.17 bits per heavy atom. The molecule has 0 atom stereocenters. The van der Waals surface area contributed by atoms with E-state index in [0.29, 0.717) is 12.1 Å². The van der Waals surface area contributed by atoms with Crippen LogP contribution in [0.3, 0.4) is 0 Å². The molecule has 1 fully saturated rings. The van der Waals surface area contributed by atoms with Crippen molar-refractivity contribution in [2.45, 2.75) is 51.7 Å². The number of halogens is 1. The lowest BCUT2D eigenvalue weighted by Crippen LogP contribution is -2.53. The van der Waals surface area contributed by atoms with Crippen molar-refractivity contribution < 1.29 is 14.6 Å². The first-order chi connectivity index (χ1) is 11.5. The zero-order valence-corrected chi connectivity index (χ0v) is 16.0. The Labute approximate surface area is 152 Å². The van der Waals surface area contributed by atoms with Crippen molar-refractivity contribution in [2.75, 3.05) is 19.7 Å². The molecule has 0 radical (unpaired) electrons. The molecule has 0 amide bonds. The van der Waals surface area contributed by atoms with E-state index in [1.165, 1.54) is 0 Å². The van der Waals surface area contributed by atoms with Crippen LogP contribution in [0.15, 0.2) is 22.7 Å². The van der Waals surface area contributed by atoms with Crippen LogP contribution in [-0.2, 0) is 11.3 Å². The molecule has 1 aromatic carbocycles. The van der Waals surface area contributed by atoms with Gasteiger partial charge < -0.3 is 15.2 Å². The quantitative estimate of drug-likeness (QED) is 0.633. The van der Waals surface area contributed by atoms with Crippen molar-refractivity contribution >= 4 is 21.9 Å². The largest absolute Gasteiger partial charge is 0.493 e. The summed E-state index contributed by atoms with van der Waals surface area (Å²) in [4.78, 5) is 12.9. The fourth-order valence-electron chi connectivity index (χ4n) is 3.02. The number of aliphatic carboxylic acids is 1. The molecule has 1 saturated carbocycles. The zero-order chi connectivity index (χ0) is 17.5. The molecule has 0 heterocycles. The molecule has 2 rings (SSSR count). The minimum atomic E-state index is -0.750. The topological polar surface area (TPSA) is 61.8 Å². The number of nitrogens with zero attached hydrogens (tertiary/aromatic N) is 1. The molecule has 1 aromatic rings. The second-order valence-electron chi connectivity index (χ2n) is 6.26. The SMILES string of the molecule is CCCOc1ccc(Br)cc1CNC1CC(N(CC)CC(=O)O)C1. The maximum Gasteiger partial charge on any atom is 0.317 e. The van der Waals surface area contributed by atoms with E-state index in [9.17, 15) is 4.79 Å². The first kappa shape index (κ1) is 19.2. The summed E-state index contributed by atoms with van der Waals surface area (Å²) < 4.78 is 6.86. The first-order valence-corrected chi connectivity index (χ1v) is 9.43. The summed E-state index contributed by atoms with van der Waals surface area (Å²) in [6.45, 7) is 6.52. The zero-order valence-electron chi connectivity index (χ0n) is 14.4. The van der Waals surface area contributed by atoms with E-state index in [4.69, 9.17) is 9.84 Å². The highest BCUT2D eigenvalue weighted by atomic mass is 79.9. The highest BCUT2D eigenvalue weighted by molar-refractivity contribution is 9.10. The molecular formula is C18H27BrN2O3. The van der Waals surface area contributed by atoms with Crippen molar-refractivity contribution in [1.29, 1.82) is 0 Å². The average Bonchev–Trinajstić information content (AvgIpc) is 2.51. The minimum Gasteiger partial charge on any atom is -0.493 e. The van der Waals surface area contributed by atoms with Gasteiger partial charge in [0.1, 0.15) is 5.75 Å². The van der Waals surface area contributed by atoms with Crippen molar-refractivity contribution in [3.05, 3.63) is 28.2 Å². The lowest BCUT2D eigenvalue weighted by Gasteiger charge is -2.42. The van der Waals surface area contributed by atoms with Crippen LogP contribution in [-0.4, -0.2) is 47.8 Å². The summed E-state index contributed by atoms with van der Waals surface area (Å²) in [5, 5.41) is 12.5. The van der Waals surface area contributed by atoms with Crippen LogP contribution in [0.25, 0.3) is 0 Å². The van der Waals surface area contributed by atoms with E-state index in [1.54, 1.807) is 0 Å². The second-order valence-corrected chi connectivity index (χ2v) is 7.18. The van der Waals surface area contributed by atoms with Gasteiger partial charge in [-0.1, -0.05) is 29.8 Å². The Hall–Kier alpha value is -1.11. The molecule has 2 N–H and O–H groups in total. The molecule has 0 unspecified atom stereocenters. The minimum absolute atomic E-state index is 0.133. The highest BCUT2D eigenvalue weighted by Gasteiger charge is 2.33. The standard InChI is InChI=1S/C18H27BrN2O3/c1-3-7-24-17-6-5-14(19)8-13(17)11-20-15-9-16(10-15)21(4-2)12-18(22)23/h5-6,8,15-16,20H,3-4,7,9-12H2,1-2H3,(H,22,23). The third-order valence-electron chi connectivity index (χ3n) is 4.44. The van der Waals surface area contributed by atoms with Crippen molar-refractivity contribution in [2.24, 2.45) is 0 Å². The predicted octanol–water partition coefficient (Wildman–Crippen LogP) is 3.27. The number of ether oxygens (including phenoxy) is 1. The normalized spacial score (nSPS) is 20.0. The van der Waals surface area contributed by atoms with Gasteiger partial charge in [0, 0.05) is 28.7 Å². The van der Waals surface area contributed by atoms with Gasteiger partial charge in [0.2, 0.25) is 0 Å². The Bertz CT molecular complexity index is 547. The second kappa shape index (κ2) is 9.39. The van der Waals surface area contributed by atoms with Crippen molar-refractivity contribution in [1.82, 2.24) is 10.2 Å². The molecule has 1 aliphatic rings. The summed E-state index contributed by atoms with van der Waals surface area (Å²) in [6.07, 6.45) is 2.99. The van der Waals surface area contributed by atoms with Gasteiger partial charge in [-0.05, 0) is 44.0 Å². The molecule has 24 heavy (non-hydrogen) atoms. The van der Waals surface area contributed by atoms with Crippen LogP contribution in [0.1, 0.15) is 38.7 Å². The Kier molecular flexibility index (Phi) is 7.52. The number of rotatable bonds is 10. The van der Waals surface area contributed by atoms with E-state index in [-0.39, 0.29) is 6.54 Å². The fourth-order valence-corrected chi connectivity index (χ4v) is 3.43. The molecule has 6 heteroatoms. The molecular weight excluding hydrogens is 372 g/mol. The molecule has 0 spiro atoms. The van der Waals surface area contributed by atoms with Crippen LogP contribution < -0.4 is 10.1 Å². The third-order valence-corrected chi connectivity index (χ3v) is 4.93. The molecule has 0 bridgehead atoms. The summed E-state index contributed by atoms with van der Waals surface area (Å²) in [5.74, 6) is 0.185. The summed E-state index contributed by atoms with van der Waals surface area (Å²) in [7, 11) is 0.